The predicted octanol–water partition coefficient (Wildman–Crippen LogP) is 1.29. The summed E-state index contributed by atoms with van der Waals surface area (Å²) in [7, 11) is -3.60. The molecule has 0 saturated heterocycles. The molecule has 1 heterocycles. The molecular formula is C12H17ClN2O3S. The van der Waals surface area contributed by atoms with Crippen molar-refractivity contribution in [1.29, 1.82) is 0 Å². The molecule has 7 heteroatoms. The monoisotopic (exact) mass is 304 g/mol. The van der Waals surface area contributed by atoms with E-state index in [9.17, 15) is 8.42 Å². The fraction of sp³-hybridized carbons (Fsp3) is 0.500. The van der Waals surface area contributed by atoms with Gasteiger partial charge >= 0.3 is 0 Å². The van der Waals surface area contributed by atoms with Crippen LogP contribution in [0.1, 0.15) is 19.4 Å². The number of hydrogen-bond acceptors (Lipinski definition) is 4. The van der Waals surface area contributed by atoms with Crippen LogP contribution < -0.4 is 15.2 Å². The van der Waals surface area contributed by atoms with Gasteiger partial charge in [0.1, 0.15) is 11.9 Å². The molecule has 0 amide bonds. The number of fused-ring (bicyclic) bond motifs is 1. The molecule has 3 N–H and O–H groups in total. The number of nitrogens with two attached hydrogens (primary N) is 1. The SMILES string of the molecule is CC1Cc2cc(S(=O)(=O)N[C@@H](C)CN)cc(Cl)c2O1. The van der Waals surface area contributed by atoms with E-state index in [0.29, 0.717) is 17.2 Å². The van der Waals surface area contributed by atoms with Crippen LogP contribution >= 0.6 is 11.6 Å². The number of sulfonamides is 1. The van der Waals surface area contributed by atoms with E-state index in [1.807, 2.05) is 6.92 Å². The summed E-state index contributed by atoms with van der Waals surface area (Å²) in [6.45, 7) is 3.86. The van der Waals surface area contributed by atoms with Gasteiger partial charge in [-0.05, 0) is 26.0 Å². The van der Waals surface area contributed by atoms with E-state index < -0.39 is 10.0 Å². The third-order valence-corrected chi connectivity index (χ3v) is 4.79. The molecular weight excluding hydrogens is 288 g/mol. The summed E-state index contributed by atoms with van der Waals surface area (Å²) in [5, 5.41) is 0.322. The van der Waals surface area contributed by atoms with Crippen molar-refractivity contribution in [2.45, 2.75) is 37.3 Å². The van der Waals surface area contributed by atoms with Gasteiger partial charge in [-0.25, -0.2) is 13.1 Å². The van der Waals surface area contributed by atoms with Crippen molar-refractivity contribution in [3.63, 3.8) is 0 Å². The number of nitrogens with one attached hydrogen (secondary N) is 1. The first-order valence-corrected chi connectivity index (χ1v) is 7.91. The third-order valence-electron chi connectivity index (χ3n) is 2.94. The zero-order valence-electron chi connectivity index (χ0n) is 10.8. The van der Waals surface area contributed by atoms with Crippen LogP contribution in [0, 0.1) is 0 Å². The molecule has 5 nitrogen and oxygen atoms in total. The smallest absolute Gasteiger partial charge is 0.240 e. The molecule has 1 aliphatic rings. The minimum atomic E-state index is -3.60. The molecule has 2 atom stereocenters. The van der Waals surface area contributed by atoms with Gasteiger partial charge in [0.2, 0.25) is 10.0 Å². The molecule has 1 aromatic carbocycles. The molecule has 0 saturated carbocycles. The number of benzene rings is 1. The Morgan fingerprint density at radius 1 is 1.58 bits per heavy atom. The standard InChI is InChI=1S/C12H17ClN2O3S/c1-7(6-14)15-19(16,17)10-4-9-3-8(2)18-12(9)11(13)5-10/h4-5,7-8,15H,3,6,14H2,1-2H3/t7-,8?/m0/s1. The van der Waals surface area contributed by atoms with Gasteiger partial charge in [0.05, 0.1) is 9.92 Å². The van der Waals surface area contributed by atoms with Gasteiger partial charge < -0.3 is 10.5 Å². The van der Waals surface area contributed by atoms with Gasteiger partial charge in [0, 0.05) is 24.6 Å². The van der Waals surface area contributed by atoms with E-state index in [1.165, 1.54) is 6.07 Å². The summed E-state index contributed by atoms with van der Waals surface area (Å²) in [6.07, 6.45) is 0.673. The Kier molecular flexibility index (Phi) is 4.06. The fourth-order valence-corrected chi connectivity index (χ4v) is 3.68. The lowest BCUT2D eigenvalue weighted by atomic mass is 10.1. The van der Waals surface area contributed by atoms with Gasteiger partial charge in [0.25, 0.3) is 0 Å². The first-order chi connectivity index (χ1) is 8.83. The van der Waals surface area contributed by atoms with Gasteiger partial charge in [-0.3, -0.25) is 0 Å². The molecule has 0 aromatic heterocycles. The van der Waals surface area contributed by atoms with Gasteiger partial charge in [-0.1, -0.05) is 11.6 Å². The Hall–Kier alpha value is -0.820. The predicted molar refractivity (Wildman–Crippen MR) is 74.1 cm³/mol. The van der Waals surface area contributed by atoms with Crippen molar-refractivity contribution >= 4 is 21.6 Å². The molecule has 0 aliphatic carbocycles. The zero-order chi connectivity index (χ0) is 14.2. The van der Waals surface area contributed by atoms with E-state index in [2.05, 4.69) is 4.72 Å². The van der Waals surface area contributed by atoms with Gasteiger partial charge in [-0.15, -0.1) is 0 Å². The highest BCUT2D eigenvalue weighted by molar-refractivity contribution is 7.89. The van der Waals surface area contributed by atoms with E-state index in [4.69, 9.17) is 22.1 Å². The second-order valence-corrected chi connectivity index (χ2v) is 6.91. The first kappa shape index (κ1) is 14.6. The van der Waals surface area contributed by atoms with E-state index in [1.54, 1.807) is 13.0 Å². The Morgan fingerprint density at radius 3 is 2.89 bits per heavy atom. The van der Waals surface area contributed by atoms with Gasteiger partial charge in [-0.2, -0.15) is 0 Å². The van der Waals surface area contributed by atoms with E-state index in [-0.39, 0.29) is 23.6 Å². The van der Waals surface area contributed by atoms with Crippen LogP contribution in [0.15, 0.2) is 17.0 Å². The second kappa shape index (κ2) is 5.28. The van der Waals surface area contributed by atoms with Crippen molar-refractivity contribution in [3.05, 3.63) is 22.7 Å². The van der Waals surface area contributed by atoms with Crippen molar-refractivity contribution < 1.29 is 13.2 Å². The summed E-state index contributed by atoms with van der Waals surface area (Å²) in [4.78, 5) is 0.147. The van der Waals surface area contributed by atoms with E-state index >= 15 is 0 Å². The summed E-state index contributed by atoms with van der Waals surface area (Å²) in [5.41, 5.74) is 6.24. The Bertz CT molecular complexity index is 589. The van der Waals surface area contributed by atoms with Crippen molar-refractivity contribution in [3.8, 4) is 5.75 Å². The van der Waals surface area contributed by atoms with Crippen LogP contribution in [0.3, 0.4) is 0 Å². The molecule has 19 heavy (non-hydrogen) atoms. The highest BCUT2D eigenvalue weighted by Gasteiger charge is 2.26. The van der Waals surface area contributed by atoms with Crippen molar-refractivity contribution in [2.75, 3.05) is 6.54 Å². The molecule has 1 unspecified atom stereocenters. The number of halogens is 1. The maximum atomic E-state index is 12.2. The molecule has 0 fully saturated rings. The van der Waals surface area contributed by atoms with Crippen LogP contribution in [0.5, 0.6) is 5.75 Å². The Balaban J connectivity index is 2.37. The lowest BCUT2D eigenvalue weighted by Gasteiger charge is -2.13. The minimum absolute atomic E-state index is 0.0152. The summed E-state index contributed by atoms with van der Waals surface area (Å²) >= 11 is 6.07. The Labute approximate surface area is 118 Å². The first-order valence-electron chi connectivity index (χ1n) is 6.05. The zero-order valence-corrected chi connectivity index (χ0v) is 12.4. The largest absolute Gasteiger partial charge is 0.489 e. The summed E-state index contributed by atoms with van der Waals surface area (Å²) in [5.74, 6) is 0.583. The lowest BCUT2D eigenvalue weighted by Crippen LogP contribution is -2.37. The average Bonchev–Trinajstić information content (AvgIpc) is 2.69. The number of hydrogen-bond donors (Lipinski definition) is 2. The summed E-state index contributed by atoms with van der Waals surface area (Å²) in [6, 6.07) is 2.69. The van der Waals surface area contributed by atoms with Crippen LogP contribution in [-0.2, 0) is 16.4 Å². The average molecular weight is 305 g/mol. The molecule has 2 rings (SSSR count). The molecule has 0 spiro atoms. The second-order valence-electron chi connectivity index (χ2n) is 4.78. The normalized spacial score (nSPS) is 19.9. The minimum Gasteiger partial charge on any atom is -0.489 e. The topological polar surface area (TPSA) is 81.4 Å². The summed E-state index contributed by atoms with van der Waals surface area (Å²) < 4.78 is 32.4. The quantitative estimate of drug-likeness (QED) is 0.878. The van der Waals surface area contributed by atoms with Crippen LogP contribution in [-0.4, -0.2) is 27.1 Å². The van der Waals surface area contributed by atoms with E-state index in [0.717, 1.165) is 5.56 Å². The molecule has 0 bridgehead atoms. The third kappa shape index (κ3) is 3.02. The fourth-order valence-electron chi connectivity index (χ4n) is 2.00. The van der Waals surface area contributed by atoms with Crippen LogP contribution in [0.2, 0.25) is 5.02 Å². The van der Waals surface area contributed by atoms with Crippen molar-refractivity contribution in [1.82, 2.24) is 4.72 Å². The van der Waals surface area contributed by atoms with Crippen molar-refractivity contribution in [2.24, 2.45) is 5.73 Å². The molecule has 0 radical (unpaired) electrons. The molecule has 1 aromatic rings. The highest BCUT2D eigenvalue weighted by atomic mass is 35.5. The maximum absolute atomic E-state index is 12.2. The lowest BCUT2D eigenvalue weighted by molar-refractivity contribution is 0.255. The molecule has 1 aliphatic heterocycles. The number of rotatable bonds is 4. The van der Waals surface area contributed by atoms with Crippen LogP contribution in [0.4, 0.5) is 0 Å². The molecule has 106 valence electrons. The van der Waals surface area contributed by atoms with Crippen LogP contribution in [0.25, 0.3) is 0 Å². The van der Waals surface area contributed by atoms with Gasteiger partial charge in [0.15, 0.2) is 0 Å². The number of ether oxygens (including phenoxy) is 1. The Morgan fingerprint density at radius 2 is 2.26 bits per heavy atom. The highest BCUT2D eigenvalue weighted by Crippen LogP contribution is 2.37. The maximum Gasteiger partial charge on any atom is 0.240 e.